The molecule has 0 amide bonds. The molecule has 0 saturated carbocycles. The van der Waals surface area contributed by atoms with Crippen molar-refractivity contribution in [3.05, 3.63) is 29.3 Å². The van der Waals surface area contributed by atoms with Crippen LogP contribution in [0.4, 0.5) is 8.78 Å². The maximum absolute atomic E-state index is 13.0. The van der Waals surface area contributed by atoms with Gasteiger partial charge in [-0.15, -0.1) is 0 Å². The normalized spacial score (nSPS) is 10.4. The number of carbonyl (C=O) groups is 1. The van der Waals surface area contributed by atoms with Crippen LogP contribution in [0.15, 0.2) is 12.1 Å². The Hall–Kier alpha value is -1.65. The molecule has 88 valence electrons. The summed E-state index contributed by atoms with van der Waals surface area (Å²) in [5.74, 6) is -2.98. The summed E-state index contributed by atoms with van der Waals surface area (Å²) in [6.07, 6.45) is -0.256. The van der Waals surface area contributed by atoms with Gasteiger partial charge >= 0.3 is 5.97 Å². The summed E-state index contributed by atoms with van der Waals surface area (Å²) >= 11 is 0. The van der Waals surface area contributed by atoms with Gasteiger partial charge in [0.25, 0.3) is 0 Å². The van der Waals surface area contributed by atoms with Gasteiger partial charge in [0.15, 0.2) is 11.6 Å². The van der Waals surface area contributed by atoms with Crippen molar-refractivity contribution < 1.29 is 23.0 Å². The van der Waals surface area contributed by atoms with E-state index in [4.69, 9.17) is 4.74 Å². The maximum atomic E-state index is 13.0. The summed E-state index contributed by atoms with van der Waals surface area (Å²) in [6, 6.07) is 1.60. The van der Waals surface area contributed by atoms with Crippen molar-refractivity contribution in [1.29, 1.82) is 0 Å². The highest BCUT2D eigenvalue weighted by Crippen LogP contribution is 2.24. The van der Waals surface area contributed by atoms with Crippen molar-refractivity contribution in [2.45, 2.75) is 20.0 Å². The molecule has 0 radical (unpaired) electrons. The minimum Gasteiger partial charge on any atom is -0.490 e. The van der Waals surface area contributed by atoms with Crippen molar-refractivity contribution in [3.63, 3.8) is 0 Å². The summed E-state index contributed by atoms with van der Waals surface area (Å²) in [5.41, 5.74) is -0.130. The average Bonchev–Trinajstić information content (AvgIpc) is 2.21. The Kier molecular flexibility index (Phi) is 3.82. The standard InChI is InChI=1S/C11H12F2O3/c1-6(2)16-10-5-9(13)8(12)4-7(10)11(14)15-3/h4-6H,1-3H3. The van der Waals surface area contributed by atoms with Crippen LogP contribution in [0.3, 0.4) is 0 Å². The fourth-order valence-electron chi connectivity index (χ4n) is 1.15. The van der Waals surface area contributed by atoms with Crippen LogP contribution in [0.1, 0.15) is 24.2 Å². The van der Waals surface area contributed by atoms with Crippen molar-refractivity contribution in [1.82, 2.24) is 0 Å². The molecule has 0 aromatic heterocycles. The van der Waals surface area contributed by atoms with E-state index in [2.05, 4.69) is 4.74 Å². The lowest BCUT2D eigenvalue weighted by atomic mass is 10.2. The highest BCUT2D eigenvalue weighted by atomic mass is 19.2. The van der Waals surface area contributed by atoms with E-state index in [-0.39, 0.29) is 17.4 Å². The Morgan fingerprint density at radius 3 is 2.31 bits per heavy atom. The van der Waals surface area contributed by atoms with E-state index in [0.29, 0.717) is 0 Å². The van der Waals surface area contributed by atoms with Gasteiger partial charge in [0.05, 0.1) is 13.2 Å². The Balaban J connectivity index is 3.21. The second kappa shape index (κ2) is 4.92. The number of ether oxygens (including phenoxy) is 2. The summed E-state index contributed by atoms with van der Waals surface area (Å²) < 4.78 is 35.6. The zero-order valence-electron chi connectivity index (χ0n) is 9.21. The van der Waals surface area contributed by atoms with Gasteiger partial charge in [-0.25, -0.2) is 13.6 Å². The van der Waals surface area contributed by atoms with Crippen molar-refractivity contribution in [2.75, 3.05) is 7.11 Å². The first-order valence-electron chi connectivity index (χ1n) is 4.69. The van der Waals surface area contributed by atoms with Gasteiger partial charge in [-0.05, 0) is 19.9 Å². The number of rotatable bonds is 3. The molecule has 0 atom stereocenters. The lowest BCUT2D eigenvalue weighted by Crippen LogP contribution is -2.12. The molecule has 0 saturated heterocycles. The molecular weight excluding hydrogens is 218 g/mol. The number of halogens is 2. The molecule has 0 aliphatic carbocycles. The lowest BCUT2D eigenvalue weighted by Gasteiger charge is -2.13. The summed E-state index contributed by atoms with van der Waals surface area (Å²) in [4.78, 5) is 11.3. The van der Waals surface area contributed by atoms with E-state index >= 15 is 0 Å². The van der Waals surface area contributed by atoms with Crippen LogP contribution in [-0.2, 0) is 4.74 Å². The molecule has 0 bridgehead atoms. The summed E-state index contributed by atoms with van der Waals surface area (Å²) in [6.45, 7) is 3.42. The molecule has 1 aromatic rings. The van der Waals surface area contributed by atoms with Crippen LogP contribution in [-0.4, -0.2) is 19.2 Å². The van der Waals surface area contributed by atoms with Crippen LogP contribution in [0.25, 0.3) is 0 Å². The molecule has 0 heterocycles. The summed E-state index contributed by atoms with van der Waals surface area (Å²) in [5, 5.41) is 0. The quantitative estimate of drug-likeness (QED) is 0.748. The first-order chi connectivity index (χ1) is 7.45. The Morgan fingerprint density at radius 2 is 1.81 bits per heavy atom. The van der Waals surface area contributed by atoms with E-state index in [1.165, 1.54) is 0 Å². The van der Waals surface area contributed by atoms with Gasteiger partial charge in [-0.3, -0.25) is 0 Å². The van der Waals surface area contributed by atoms with Gasteiger partial charge in [0, 0.05) is 6.07 Å². The molecule has 1 rings (SSSR count). The third kappa shape index (κ3) is 2.68. The zero-order chi connectivity index (χ0) is 12.3. The molecule has 3 nitrogen and oxygen atoms in total. The van der Waals surface area contributed by atoms with E-state index in [0.717, 1.165) is 19.2 Å². The monoisotopic (exact) mass is 230 g/mol. The third-order valence-electron chi connectivity index (χ3n) is 1.79. The van der Waals surface area contributed by atoms with E-state index in [1.54, 1.807) is 13.8 Å². The fourth-order valence-corrected chi connectivity index (χ4v) is 1.15. The van der Waals surface area contributed by atoms with Gasteiger partial charge in [-0.1, -0.05) is 0 Å². The van der Waals surface area contributed by atoms with Crippen molar-refractivity contribution in [3.8, 4) is 5.75 Å². The number of hydrogen-bond acceptors (Lipinski definition) is 3. The number of hydrogen-bond donors (Lipinski definition) is 0. The number of benzene rings is 1. The fraction of sp³-hybridized carbons (Fsp3) is 0.364. The SMILES string of the molecule is COC(=O)c1cc(F)c(F)cc1OC(C)C. The molecule has 0 aliphatic heterocycles. The minimum atomic E-state index is -1.11. The van der Waals surface area contributed by atoms with E-state index in [1.807, 2.05) is 0 Å². The lowest BCUT2D eigenvalue weighted by molar-refractivity contribution is 0.0593. The summed E-state index contributed by atoms with van der Waals surface area (Å²) in [7, 11) is 1.16. The zero-order valence-corrected chi connectivity index (χ0v) is 9.21. The Labute approximate surface area is 92.0 Å². The molecule has 0 unspecified atom stereocenters. The highest BCUT2D eigenvalue weighted by Gasteiger charge is 2.18. The smallest absolute Gasteiger partial charge is 0.341 e. The third-order valence-corrected chi connectivity index (χ3v) is 1.79. The first kappa shape index (κ1) is 12.4. The topological polar surface area (TPSA) is 35.5 Å². The van der Waals surface area contributed by atoms with Crippen LogP contribution in [0.5, 0.6) is 5.75 Å². The van der Waals surface area contributed by atoms with Crippen LogP contribution in [0, 0.1) is 11.6 Å². The second-order valence-corrected chi connectivity index (χ2v) is 3.42. The Morgan fingerprint density at radius 1 is 1.25 bits per heavy atom. The largest absolute Gasteiger partial charge is 0.490 e. The number of carbonyl (C=O) groups excluding carboxylic acids is 1. The molecular formula is C11H12F2O3. The number of methoxy groups -OCH3 is 1. The molecule has 16 heavy (non-hydrogen) atoms. The molecule has 1 aromatic carbocycles. The highest BCUT2D eigenvalue weighted by molar-refractivity contribution is 5.92. The van der Waals surface area contributed by atoms with Gasteiger partial charge in [-0.2, -0.15) is 0 Å². The van der Waals surface area contributed by atoms with Gasteiger partial charge in [0.1, 0.15) is 11.3 Å². The van der Waals surface area contributed by atoms with Crippen LogP contribution in [0.2, 0.25) is 0 Å². The molecule has 0 N–H and O–H groups in total. The van der Waals surface area contributed by atoms with Crippen molar-refractivity contribution >= 4 is 5.97 Å². The number of esters is 1. The molecule has 0 aliphatic rings. The predicted octanol–water partition coefficient (Wildman–Crippen LogP) is 2.54. The van der Waals surface area contributed by atoms with Crippen LogP contribution >= 0.6 is 0 Å². The van der Waals surface area contributed by atoms with Crippen molar-refractivity contribution in [2.24, 2.45) is 0 Å². The Bertz CT molecular complexity index is 402. The van der Waals surface area contributed by atoms with E-state index in [9.17, 15) is 13.6 Å². The van der Waals surface area contributed by atoms with E-state index < -0.39 is 17.6 Å². The first-order valence-corrected chi connectivity index (χ1v) is 4.69. The van der Waals surface area contributed by atoms with Crippen LogP contribution < -0.4 is 4.74 Å². The molecule has 0 spiro atoms. The predicted molar refractivity (Wildman–Crippen MR) is 53.5 cm³/mol. The second-order valence-electron chi connectivity index (χ2n) is 3.42. The molecule has 0 fully saturated rings. The maximum Gasteiger partial charge on any atom is 0.341 e. The minimum absolute atomic E-state index is 0.0271. The average molecular weight is 230 g/mol. The molecule has 5 heteroatoms. The van der Waals surface area contributed by atoms with Gasteiger partial charge in [0.2, 0.25) is 0 Å². The van der Waals surface area contributed by atoms with Gasteiger partial charge < -0.3 is 9.47 Å².